The van der Waals surface area contributed by atoms with Crippen molar-refractivity contribution in [2.75, 3.05) is 12.4 Å². The van der Waals surface area contributed by atoms with Gasteiger partial charge >= 0.3 is 0 Å². The number of pyridine rings is 1. The highest BCUT2D eigenvalue weighted by atomic mass is 35.5. The summed E-state index contributed by atoms with van der Waals surface area (Å²) in [7, 11) is 1.52. The lowest BCUT2D eigenvalue weighted by molar-refractivity contribution is 0.102. The van der Waals surface area contributed by atoms with Gasteiger partial charge in [0.05, 0.1) is 28.8 Å². The molecule has 3 rings (SSSR count). The number of rotatable bonds is 3. The number of nitrogens with zero attached hydrogens (tertiary/aromatic N) is 2. The molecule has 0 aliphatic carbocycles. The van der Waals surface area contributed by atoms with Crippen LogP contribution in [0.2, 0.25) is 5.02 Å². The Kier molecular flexibility index (Phi) is 3.92. The molecule has 0 aliphatic rings. The molecule has 6 nitrogen and oxygen atoms in total. The molecular formula is C16H14ClN3O3. The highest BCUT2D eigenvalue weighted by Gasteiger charge is 2.18. The summed E-state index contributed by atoms with van der Waals surface area (Å²) < 4.78 is 10.3. The highest BCUT2D eigenvalue weighted by Crippen LogP contribution is 2.28. The summed E-state index contributed by atoms with van der Waals surface area (Å²) in [4.78, 5) is 16.9. The third-order valence-electron chi connectivity index (χ3n) is 3.40. The molecular weight excluding hydrogens is 318 g/mol. The molecule has 0 spiro atoms. The second-order valence-electron chi connectivity index (χ2n) is 5.06. The number of amides is 1. The maximum absolute atomic E-state index is 12.6. The number of benzene rings is 1. The maximum atomic E-state index is 12.6. The minimum Gasteiger partial charge on any atom is -0.495 e. The molecule has 118 valence electrons. The number of ether oxygens (including phenoxy) is 1. The number of aromatic nitrogens is 2. The van der Waals surface area contributed by atoms with E-state index in [1.165, 1.54) is 7.11 Å². The molecule has 0 saturated heterocycles. The number of methoxy groups -OCH3 is 1. The Labute approximate surface area is 137 Å². The van der Waals surface area contributed by atoms with Crippen molar-refractivity contribution in [2.24, 2.45) is 0 Å². The van der Waals surface area contributed by atoms with E-state index in [4.69, 9.17) is 20.9 Å². The number of anilines is 1. The van der Waals surface area contributed by atoms with Crippen molar-refractivity contribution in [3.05, 3.63) is 46.2 Å². The molecule has 3 aromatic rings. The standard InChI is InChI=1S/C16H14ClN3O3/c1-8-6-11(14-9(2)20-23-16(14)18-8)15(21)19-10-4-5-12(17)13(7-10)22-3/h4-7H,1-3H3,(H,19,21). The normalized spacial score (nSPS) is 10.8. The number of carbonyl (C=O) groups is 1. The summed E-state index contributed by atoms with van der Waals surface area (Å²) in [5.41, 5.74) is 2.67. The van der Waals surface area contributed by atoms with Crippen LogP contribution in [0.25, 0.3) is 11.1 Å². The van der Waals surface area contributed by atoms with Crippen molar-refractivity contribution in [3.8, 4) is 5.75 Å². The number of nitrogens with one attached hydrogen (secondary N) is 1. The van der Waals surface area contributed by atoms with Crippen LogP contribution in [-0.4, -0.2) is 23.2 Å². The molecule has 0 fully saturated rings. The van der Waals surface area contributed by atoms with Crippen LogP contribution < -0.4 is 10.1 Å². The van der Waals surface area contributed by atoms with Crippen LogP contribution in [-0.2, 0) is 0 Å². The van der Waals surface area contributed by atoms with Crippen molar-refractivity contribution in [1.82, 2.24) is 10.1 Å². The van der Waals surface area contributed by atoms with E-state index in [9.17, 15) is 4.79 Å². The van der Waals surface area contributed by atoms with E-state index in [1.54, 1.807) is 38.1 Å². The lowest BCUT2D eigenvalue weighted by atomic mass is 10.1. The molecule has 2 aromatic heterocycles. The summed E-state index contributed by atoms with van der Waals surface area (Å²) >= 11 is 5.99. The topological polar surface area (TPSA) is 77.2 Å². The van der Waals surface area contributed by atoms with Crippen molar-refractivity contribution in [1.29, 1.82) is 0 Å². The van der Waals surface area contributed by atoms with Crippen LogP contribution in [0.3, 0.4) is 0 Å². The Morgan fingerprint density at radius 3 is 2.83 bits per heavy atom. The number of hydrogen-bond acceptors (Lipinski definition) is 5. The van der Waals surface area contributed by atoms with Gasteiger partial charge < -0.3 is 14.6 Å². The van der Waals surface area contributed by atoms with Crippen molar-refractivity contribution >= 4 is 34.3 Å². The Balaban J connectivity index is 1.99. The van der Waals surface area contributed by atoms with Crippen molar-refractivity contribution < 1.29 is 14.1 Å². The minimum absolute atomic E-state index is 0.281. The van der Waals surface area contributed by atoms with E-state index in [-0.39, 0.29) is 5.91 Å². The fourth-order valence-electron chi connectivity index (χ4n) is 2.33. The second kappa shape index (κ2) is 5.89. The lowest BCUT2D eigenvalue weighted by Crippen LogP contribution is -2.13. The summed E-state index contributed by atoms with van der Waals surface area (Å²) in [5, 5.41) is 7.77. The number of fused-ring (bicyclic) bond motifs is 1. The average molecular weight is 332 g/mol. The number of carbonyl (C=O) groups excluding carboxylic acids is 1. The minimum atomic E-state index is -0.281. The molecule has 0 unspecified atom stereocenters. The monoisotopic (exact) mass is 331 g/mol. The first-order chi connectivity index (χ1) is 11.0. The van der Waals surface area contributed by atoms with E-state index < -0.39 is 0 Å². The molecule has 1 aromatic carbocycles. The zero-order valence-corrected chi connectivity index (χ0v) is 13.6. The van der Waals surface area contributed by atoms with Gasteiger partial charge in [-0.1, -0.05) is 16.8 Å². The van der Waals surface area contributed by atoms with Crippen molar-refractivity contribution in [2.45, 2.75) is 13.8 Å². The molecule has 0 saturated carbocycles. The third-order valence-corrected chi connectivity index (χ3v) is 3.71. The SMILES string of the molecule is COc1cc(NC(=O)c2cc(C)nc3onc(C)c23)ccc1Cl. The zero-order chi connectivity index (χ0) is 16.6. The highest BCUT2D eigenvalue weighted by molar-refractivity contribution is 6.32. The van der Waals surface area contributed by atoms with Gasteiger partial charge in [-0.25, -0.2) is 4.98 Å². The first-order valence-electron chi connectivity index (χ1n) is 6.88. The maximum Gasteiger partial charge on any atom is 0.258 e. The summed E-state index contributed by atoms with van der Waals surface area (Å²) in [6.07, 6.45) is 0. The van der Waals surface area contributed by atoms with E-state index in [1.807, 2.05) is 0 Å². The number of halogens is 1. The molecule has 1 amide bonds. The van der Waals surface area contributed by atoms with Gasteiger partial charge in [0, 0.05) is 17.4 Å². The molecule has 2 heterocycles. The van der Waals surface area contributed by atoms with Gasteiger partial charge in [0.1, 0.15) is 5.75 Å². The van der Waals surface area contributed by atoms with Crippen LogP contribution >= 0.6 is 11.6 Å². The summed E-state index contributed by atoms with van der Waals surface area (Å²) in [6, 6.07) is 6.73. The van der Waals surface area contributed by atoms with E-state index in [0.717, 1.165) is 0 Å². The second-order valence-corrected chi connectivity index (χ2v) is 5.47. The Morgan fingerprint density at radius 2 is 2.09 bits per heavy atom. The smallest absolute Gasteiger partial charge is 0.258 e. The van der Waals surface area contributed by atoms with Gasteiger partial charge in [0.25, 0.3) is 11.6 Å². The number of hydrogen-bond donors (Lipinski definition) is 1. The molecule has 0 aliphatic heterocycles. The van der Waals surface area contributed by atoms with Gasteiger partial charge in [0.15, 0.2) is 0 Å². The summed E-state index contributed by atoms with van der Waals surface area (Å²) in [6.45, 7) is 3.56. The largest absolute Gasteiger partial charge is 0.495 e. The average Bonchev–Trinajstić information content (AvgIpc) is 2.89. The van der Waals surface area contributed by atoms with Gasteiger partial charge in [-0.2, -0.15) is 0 Å². The van der Waals surface area contributed by atoms with Crippen LogP contribution in [0, 0.1) is 13.8 Å². The molecule has 7 heteroatoms. The fraction of sp³-hybridized carbons (Fsp3) is 0.188. The van der Waals surface area contributed by atoms with E-state index in [0.29, 0.717) is 44.5 Å². The van der Waals surface area contributed by atoms with Gasteiger partial charge in [0.2, 0.25) is 0 Å². The van der Waals surface area contributed by atoms with Crippen molar-refractivity contribution in [3.63, 3.8) is 0 Å². The Bertz CT molecular complexity index is 905. The van der Waals surface area contributed by atoms with Crippen LogP contribution in [0.15, 0.2) is 28.8 Å². The zero-order valence-electron chi connectivity index (χ0n) is 12.8. The number of aryl methyl sites for hydroxylation is 2. The predicted octanol–water partition coefficient (Wildman–Crippen LogP) is 3.75. The van der Waals surface area contributed by atoms with Crippen LogP contribution in [0.4, 0.5) is 5.69 Å². The van der Waals surface area contributed by atoms with Gasteiger partial charge in [-0.05, 0) is 32.0 Å². The predicted molar refractivity (Wildman–Crippen MR) is 87.2 cm³/mol. The molecule has 0 bridgehead atoms. The Morgan fingerprint density at radius 1 is 1.30 bits per heavy atom. The van der Waals surface area contributed by atoms with Crippen LogP contribution in [0.1, 0.15) is 21.7 Å². The lowest BCUT2D eigenvalue weighted by Gasteiger charge is -2.09. The van der Waals surface area contributed by atoms with E-state index in [2.05, 4.69) is 15.5 Å². The van der Waals surface area contributed by atoms with Gasteiger partial charge in [-0.15, -0.1) is 0 Å². The summed E-state index contributed by atoms with van der Waals surface area (Å²) in [5.74, 6) is 0.206. The molecule has 0 atom stereocenters. The molecule has 0 radical (unpaired) electrons. The fourth-order valence-corrected chi connectivity index (χ4v) is 2.53. The molecule has 1 N–H and O–H groups in total. The quantitative estimate of drug-likeness (QED) is 0.790. The van der Waals surface area contributed by atoms with Gasteiger partial charge in [-0.3, -0.25) is 4.79 Å². The third kappa shape index (κ3) is 2.85. The Hall–Kier alpha value is -2.60. The molecule has 23 heavy (non-hydrogen) atoms. The van der Waals surface area contributed by atoms with E-state index >= 15 is 0 Å². The van der Waals surface area contributed by atoms with Crippen LogP contribution in [0.5, 0.6) is 5.75 Å². The first kappa shape index (κ1) is 15.3. The first-order valence-corrected chi connectivity index (χ1v) is 7.26.